The van der Waals surface area contributed by atoms with Gasteiger partial charge in [-0.05, 0) is 23.3 Å². The van der Waals surface area contributed by atoms with Crippen molar-refractivity contribution >= 4 is 21.9 Å². The summed E-state index contributed by atoms with van der Waals surface area (Å²) in [6, 6.07) is 0. The maximum Gasteiger partial charge on any atom is 0.492 e. The molecule has 1 aromatic rings. The Morgan fingerprint density at radius 1 is 1.79 bits per heavy atom. The summed E-state index contributed by atoms with van der Waals surface area (Å²) in [7, 11) is 0. The van der Waals surface area contributed by atoms with E-state index in [-0.39, 0.29) is 0 Å². The van der Waals surface area contributed by atoms with Gasteiger partial charge < -0.3 is 15.2 Å². The Hall–Kier alpha value is -1.02. The molecule has 1 rings (SSSR count). The summed E-state index contributed by atoms with van der Waals surface area (Å²) in [4.78, 5) is 13.2. The molecule has 0 aromatic carbocycles. The Bertz CT molecular complexity index is 338. The molecule has 0 aliphatic heterocycles. The lowest BCUT2D eigenvalue weighted by Gasteiger charge is -2.00. The number of hydrogen-bond acceptors (Lipinski definition) is 5. The average Bonchev–Trinajstić information content (AvgIpc) is 2.43. The van der Waals surface area contributed by atoms with Gasteiger partial charge in [0.1, 0.15) is 0 Å². The van der Waals surface area contributed by atoms with Crippen LogP contribution in [0.25, 0.3) is 0 Å². The molecule has 0 radical (unpaired) electrons. The summed E-state index contributed by atoms with van der Waals surface area (Å²) < 4.78 is 1.63. The van der Waals surface area contributed by atoms with E-state index in [0.29, 0.717) is 17.7 Å². The molecule has 0 saturated heterocycles. The lowest BCUT2D eigenvalue weighted by Crippen LogP contribution is -2.08. The largest absolute Gasteiger partial charge is 0.492 e. The van der Waals surface area contributed by atoms with Crippen molar-refractivity contribution in [2.45, 2.75) is 26.0 Å². The summed E-state index contributed by atoms with van der Waals surface area (Å²) in [5.41, 5.74) is 0. The standard InChI is InChI=1S/C6H9BrN4O3/c1-4(12)2-3-10-5(7)8-6(9-10)11(13)14/h4,12H,2-3H2,1H3. The maximum absolute atomic E-state index is 10.3. The first-order chi connectivity index (χ1) is 6.50. The quantitative estimate of drug-likeness (QED) is 0.639. The molecule has 1 heterocycles. The van der Waals surface area contributed by atoms with Crippen molar-refractivity contribution in [3.8, 4) is 0 Å². The average molecular weight is 265 g/mol. The second kappa shape index (κ2) is 4.47. The van der Waals surface area contributed by atoms with Gasteiger partial charge in [0.15, 0.2) is 0 Å². The van der Waals surface area contributed by atoms with Gasteiger partial charge in [0.2, 0.25) is 0 Å². The number of rotatable bonds is 4. The summed E-state index contributed by atoms with van der Waals surface area (Å²) in [6.07, 6.45) is 0.00390. The van der Waals surface area contributed by atoms with Crippen LogP contribution in [0, 0.1) is 10.1 Å². The van der Waals surface area contributed by atoms with Crippen molar-refractivity contribution in [3.63, 3.8) is 0 Å². The first-order valence-electron chi connectivity index (χ1n) is 3.93. The van der Waals surface area contributed by atoms with Crippen LogP contribution in [0.2, 0.25) is 0 Å². The van der Waals surface area contributed by atoms with Gasteiger partial charge in [0.05, 0.1) is 12.6 Å². The minimum Gasteiger partial charge on any atom is -0.393 e. The highest BCUT2D eigenvalue weighted by Crippen LogP contribution is 2.12. The van der Waals surface area contributed by atoms with Gasteiger partial charge in [-0.1, -0.05) is 0 Å². The van der Waals surface area contributed by atoms with E-state index < -0.39 is 17.0 Å². The summed E-state index contributed by atoms with van der Waals surface area (Å²) in [5, 5.41) is 22.9. The molecule has 14 heavy (non-hydrogen) atoms. The molecule has 0 bridgehead atoms. The molecule has 1 unspecified atom stereocenters. The zero-order valence-electron chi connectivity index (χ0n) is 7.42. The second-order valence-corrected chi connectivity index (χ2v) is 3.51. The highest BCUT2D eigenvalue weighted by Gasteiger charge is 2.19. The Morgan fingerprint density at radius 2 is 2.43 bits per heavy atom. The van der Waals surface area contributed by atoms with Crippen LogP contribution in [0.3, 0.4) is 0 Å². The molecule has 0 aliphatic carbocycles. The summed E-state index contributed by atoms with van der Waals surface area (Å²) in [6.45, 7) is 2.03. The summed E-state index contributed by atoms with van der Waals surface area (Å²) in [5.74, 6) is -0.442. The summed E-state index contributed by atoms with van der Waals surface area (Å²) >= 11 is 3.04. The maximum atomic E-state index is 10.3. The number of hydrogen-bond donors (Lipinski definition) is 1. The van der Waals surface area contributed by atoms with Gasteiger partial charge in [0.25, 0.3) is 4.73 Å². The lowest BCUT2D eigenvalue weighted by atomic mass is 10.3. The van der Waals surface area contributed by atoms with E-state index in [1.807, 2.05) is 0 Å². The number of aliphatic hydroxyl groups excluding tert-OH is 1. The van der Waals surface area contributed by atoms with Crippen LogP contribution < -0.4 is 0 Å². The van der Waals surface area contributed by atoms with Crippen molar-refractivity contribution in [2.75, 3.05) is 0 Å². The third-order valence-electron chi connectivity index (χ3n) is 1.54. The minimum atomic E-state index is -0.663. The SMILES string of the molecule is CC(O)CCn1nc([N+](=O)[O-])nc1Br. The minimum absolute atomic E-state index is 0.296. The van der Waals surface area contributed by atoms with E-state index in [4.69, 9.17) is 5.11 Å². The number of aromatic nitrogens is 3. The molecule has 1 atom stereocenters. The fraction of sp³-hybridized carbons (Fsp3) is 0.667. The Labute approximate surface area is 88.0 Å². The molecule has 7 nitrogen and oxygen atoms in total. The molecular weight excluding hydrogens is 256 g/mol. The van der Waals surface area contributed by atoms with Crippen molar-refractivity contribution in [3.05, 3.63) is 14.8 Å². The van der Waals surface area contributed by atoms with Crippen LogP contribution in [-0.2, 0) is 6.54 Å². The van der Waals surface area contributed by atoms with Crippen molar-refractivity contribution in [2.24, 2.45) is 0 Å². The molecule has 8 heteroatoms. The van der Waals surface area contributed by atoms with Crippen molar-refractivity contribution in [1.82, 2.24) is 14.8 Å². The van der Waals surface area contributed by atoms with Crippen LogP contribution >= 0.6 is 15.9 Å². The van der Waals surface area contributed by atoms with Crippen molar-refractivity contribution < 1.29 is 10.0 Å². The van der Waals surface area contributed by atoms with Gasteiger partial charge in [-0.25, -0.2) is 0 Å². The van der Waals surface area contributed by atoms with Gasteiger partial charge in [0, 0.05) is 21.0 Å². The highest BCUT2D eigenvalue weighted by molar-refractivity contribution is 9.10. The van der Waals surface area contributed by atoms with E-state index in [2.05, 4.69) is 26.0 Å². The predicted molar refractivity (Wildman–Crippen MR) is 50.7 cm³/mol. The molecule has 0 amide bonds. The smallest absolute Gasteiger partial charge is 0.393 e. The lowest BCUT2D eigenvalue weighted by molar-refractivity contribution is -0.394. The van der Waals surface area contributed by atoms with Crippen LogP contribution in [-0.4, -0.2) is 30.9 Å². The Balaban J connectivity index is 2.72. The number of nitrogens with zero attached hydrogens (tertiary/aromatic N) is 4. The van der Waals surface area contributed by atoms with E-state index in [1.165, 1.54) is 4.68 Å². The third-order valence-corrected chi connectivity index (χ3v) is 2.12. The van der Waals surface area contributed by atoms with Gasteiger partial charge in [-0.3, -0.25) is 0 Å². The monoisotopic (exact) mass is 264 g/mol. The zero-order chi connectivity index (χ0) is 10.7. The molecule has 0 spiro atoms. The van der Waals surface area contributed by atoms with Gasteiger partial charge >= 0.3 is 5.95 Å². The molecular formula is C6H9BrN4O3. The van der Waals surface area contributed by atoms with E-state index in [1.54, 1.807) is 6.92 Å². The fourth-order valence-corrected chi connectivity index (χ4v) is 1.26. The molecule has 0 saturated carbocycles. The fourth-order valence-electron chi connectivity index (χ4n) is 0.841. The number of halogens is 1. The number of aliphatic hydroxyl groups is 1. The first-order valence-corrected chi connectivity index (χ1v) is 4.73. The molecule has 0 fully saturated rings. The Kier molecular flexibility index (Phi) is 3.53. The van der Waals surface area contributed by atoms with Crippen LogP contribution in [0.5, 0.6) is 0 Å². The zero-order valence-corrected chi connectivity index (χ0v) is 9.01. The number of nitro groups is 1. The van der Waals surface area contributed by atoms with Crippen LogP contribution in [0.4, 0.5) is 5.95 Å². The highest BCUT2D eigenvalue weighted by atomic mass is 79.9. The molecule has 1 aromatic heterocycles. The van der Waals surface area contributed by atoms with Crippen LogP contribution in [0.1, 0.15) is 13.3 Å². The first kappa shape index (κ1) is 11.1. The predicted octanol–water partition coefficient (Wildman–Crippen LogP) is 0.720. The second-order valence-electron chi connectivity index (χ2n) is 2.80. The topological polar surface area (TPSA) is 94.1 Å². The molecule has 1 N–H and O–H groups in total. The van der Waals surface area contributed by atoms with Crippen LogP contribution in [0.15, 0.2) is 4.73 Å². The molecule has 0 aliphatic rings. The number of aryl methyl sites for hydroxylation is 1. The van der Waals surface area contributed by atoms with E-state index >= 15 is 0 Å². The van der Waals surface area contributed by atoms with Crippen molar-refractivity contribution in [1.29, 1.82) is 0 Å². The third kappa shape index (κ3) is 2.74. The normalized spacial score (nSPS) is 12.8. The van der Waals surface area contributed by atoms with Gasteiger partial charge in [-0.15, -0.1) is 0 Å². The van der Waals surface area contributed by atoms with E-state index in [9.17, 15) is 10.1 Å². The molecule has 78 valence electrons. The Morgan fingerprint density at radius 3 is 2.86 bits per heavy atom. The van der Waals surface area contributed by atoms with Gasteiger partial charge in [-0.2, -0.15) is 4.68 Å². The van der Waals surface area contributed by atoms with E-state index in [0.717, 1.165) is 0 Å².